The smallest absolute Gasteiger partial charge is 0.0496 e. The highest BCUT2D eigenvalue weighted by Crippen LogP contribution is 2.57. The fourth-order valence-corrected chi connectivity index (χ4v) is 10.7. The highest BCUT2D eigenvalue weighted by atomic mass is 15.1. The second-order valence-corrected chi connectivity index (χ2v) is 16.3. The molecule has 0 saturated heterocycles. The molecule has 3 atom stereocenters. The van der Waals surface area contributed by atoms with Crippen molar-refractivity contribution in [1.82, 2.24) is 0 Å². The maximum Gasteiger partial charge on any atom is 0.0496 e. The van der Waals surface area contributed by atoms with Gasteiger partial charge in [0.15, 0.2) is 0 Å². The molecule has 6 aromatic rings. The van der Waals surface area contributed by atoms with Gasteiger partial charge in [0.05, 0.1) is 0 Å². The molecule has 4 aliphatic carbocycles. The lowest BCUT2D eigenvalue weighted by Gasteiger charge is -2.33. The van der Waals surface area contributed by atoms with Crippen molar-refractivity contribution in [1.29, 1.82) is 0 Å². The van der Waals surface area contributed by atoms with E-state index in [1.54, 1.807) is 11.1 Å². The number of para-hydroxylation sites is 1. The molecule has 0 heterocycles. The lowest BCUT2D eigenvalue weighted by molar-refractivity contribution is 0.420. The van der Waals surface area contributed by atoms with E-state index in [9.17, 15) is 0 Å². The van der Waals surface area contributed by atoms with Crippen molar-refractivity contribution < 1.29 is 0 Å². The van der Waals surface area contributed by atoms with Crippen LogP contribution in [0, 0.1) is 11.8 Å². The molecular weight excluding hydrogens is 615 g/mol. The number of hydrogen-bond donors (Lipinski definition) is 0. The van der Waals surface area contributed by atoms with Gasteiger partial charge in [-0.1, -0.05) is 123 Å². The quantitative estimate of drug-likeness (QED) is 0.172. The van der Waals surface area contributed by atoms with Crippen LogP contribution in [0.25, 0.3) is 33.4 Å². The molecule has 0 radical (unpaired) electrons. The lowest BCUT2D eigenvalue weighted by atomic mass is 9.81. The first-order valence-corrected chi connectivity index (χ1v) is 19.5. The SMILES string of the molecule is CC1(C)c2cc(N(c3ccc(-c4cccc5c4CCCC5)cc3)c3ccccc3C3CC4CCC3C4)ccc2-c2c(-c3ccccc3)cccc21. The van der Waals surface area contributed by atoms with Gasteiger partial charge >= 0.3 is 0 Å². The van der Waals surface area contributed by atoms with Gasteiger partial charge in [-0.2, -0.15) is 0 Å². The van der Waals surface area contributed by atoms with Gasteiger partial charge in [0, 0.05) is 22.5 Å². The summed E-state index contributed by atoms with van der Waals surface area (Å²) in [6, 6.07) is 51.0. The second-order valence-electron chi connectivity index (χ2n) is 16.3. The summed E-state index contributed by atoms with van der Waals surface area (Å²) in [5.74, 6) is 2.35. The molecule has 0 aliphatic heterocycles. The first kappa shape index (κ1) is 30.9. The van der Waals surface area contributed by atoms with Gasteiger partial charge in [0.25, 0.3) is 0 Å². The minimum Gasteiger partial charge on any atom is -0.310 e. The number of hydrogen-bond acceptors (Lipinski definition) is 1. The van der Waals surface area contributed by atoms with E-state index in [-0.39, 0.29) is 5.41 Å². The Morgan fingerprint density at radius 2 is 1.31 bits per heavy atom. The van der Waals surface area contributed by atoms with E-state index >= 15 is 0 Å². The minimum absolute atomic E-state index is 0.114. The Bertz CT molecular complexity index is 2260. The number of rotatable bonds is 6. The van der Waals surface area contributed by atoms with Crippen LogP contribution in [0.3, 0.4) is 0 Å². The molecule has 1 heteroatoms. The first-order chi connectivity index (χ1) is 25.0. The molecule has 0 aromatic heterocycles. The predicted octanol–water partition coefficient (Wildman–Crippen LogP) is 13.6. The van der Waals surface area contributed by atoms with Gasteiger partial charge in [-0.25, -0.2) is 0 Å². The summed E-state index contributed by atoms with van der Waals surface area (Å²) in [6.45, 7) is 4.83. The molecule has 2 fully saturated rings. The van der Waals surface area contributed by atoms with Crippen LogP contribution in [-0.2, 0) is 18.3 Å². The molecule has 6 aromatic carbocycles. The second kappa shape index (κ2) is 12.1. The number of benzene rings is 6. The minimum atomic E-state index is -0.114. The molecule has 0 spiro atoms. The predicted molar refractivity (Wildman–Crippen MR) is 214 cm³/mol. The summed E-state index contributed by atoms with van der Waals surface area (Å²) < 4.78 is 0. The van der Waals surface area contributed by atoms with E-state index in [4.69, 9.17) is 0 Å². The molecule has 2 saturated carbocycles. The molecule has 0 N–H and O–H groups in total. The van der Waals surface area contributed by atoms with E-state index in [1.807, 2.05) is 0 Å². The maximum atomic E-state index is 2.59. The van der Waals surface area contributed by atoms with E-state index in [1.165, 1.54) is 118 Å². The van der Waals surface area contributed by atoms with Gasteiger partial charge in [-0.15, -0.1) is 0 Å². The highest BCUT2D eigenvalue weighted by molar-refractivity contribution is 5.94. The van der Waals surface area contributed by atoms with Crippen LogP contribution < -0.4 is 4.90 Å². The Morgan fingerprint density at radius 3 is 2.14 bits per heavy atom. The maximum absolute atomic E-state index is 2.59. The normalized spacial score (nSPS) is 20.9. The number of nitrogens with zero attached hydrogens (tertiary/aromatic N) is 1. The van der Waals surface area contributed by atoms with Crippen LogP contribution in [-0.4, -0.2) is 0 Å². The fourth-order valence-electron chi connectivity index (χ4n) is 10.7. The summed E-state index contributed by atoms with van der Waals surface area (Å²) >= 11 is 0. The zero-order valence-corrected chi connectivity index (χ0v) is 30.0. The van der Waals surface area contributed by atoms with Crippen LogP contribution in [0.15, 0.2) is 133 Å². The van der Waals surface area contributed by atoms with Gasteiger partial charge in [0.1, 0.15) is 0 Å². The van der Waals surface area contributed by atoms with Crippen LogP contribution in [0.2, 0.25) is 0 Å². The van der Waals surface area contributed by atoms with Crippen molar-refractivity contribution >= 4 is 17.1 Å². The third kappa shape index (κ3) is 5.03. The molecule has 2 bridgehead atoms. The molecule has 252 valence electrons. The Kier molecular flexibility index (Phi) is 7.35. The molecule has 0 amide bonds. The van der Waals surface area contributed by atoms with Gasteiger partial charge in [-0.05, 0) is 154 Å². The average Bonchev–Trinajstić information content (AvgIpc) is 3.88. The van der Waals surface area contributed by atoms with Crippen LogP contribution >= 0.6 is 0 Å². The zero-order valence-electron chi connectivity index (χ0n) is 30.0. The molecule has 4 aliphatic rings. The summed E-state index contributed by atoms with van der Waals surface area (Å²) in [5, 5.41) is 0. The zero-order chi connectivity index (χ0) is 34.1. The third-order valence-electron chi connectivity index (χ3n) is 13.2. The van der Waals surface area contributed by atoms with E-state index < -0.39 is 0 Å². The van der Waals surface area contributed by atoms with Crippen LogP contribution in [0.1, 0.15) is 86.1 Å². The summed E-state index contributed by atoms with van der Waals surface area (Å²) in [6.07, 6.45) is 10.5. The van der Waals surface area contributed by atoms with Crippen LogP contribution in [0.4, 0.5) is 17.1 Å². The summed E-state index contributed by atoms with van der Waals surface area (Å²) in [4.78, 5) is 2.59. The van der Waals surface area contributed by atoms with Crippen molar-refractivity contribution in [2.75, 3.05) is 4.90 Å². The Hall–Kier alpha value is -4.88. The monoisotopic (exact) mass is 661 g/mol. The van der Waals surface area contributed by atoms with Crippen molar-refractivity contribution in [3.8, 4) is 33.4 Å². The molecule has 1 nitrogen and oxygen atoms in total. The van der Waals surface area contributed by atoms with Crippen molar-refractivity contribution in [3.05, 3.63) is 161 Å². The van der Waals surface area contributed by atoms with Crippen molar-refractivity contribution in [3.63, 3.8) is 0 Å². The standard InChI is InChI=1S/C50H47N/c1-50(2)46-20-11-19-42(35-12-4-3-5-13-35)49(46)44-29-28-39(32-47(44)50)51(48-21-9-8-17-43(48)45-31-33-22-23-37(45)30-33)38-26-24-36(25-27-38)41-18-10-15-34-14-6-7-16-40(34)41/h3-5,8-13,15,17-21,24-29,32-33,37,45H,6-7,14,16,22-23,30-31H2,1-2H3. The summed E-state index contributed by atoms with van der Waals surface area (Å²) in [5.41, 5.74) is 19.3. The van der Waals surface area contributed by atoms with Crippen LogP contribution in [0.5, 0.6) is 0 Å². The van der Waals surface area contributed by atoms with Crippen molar-refractivity contribution in [2.24, 2.45) is 11.8 Å². The Balaban J connectivity index is 1.12. The highest BCUT2D eigenvalue weighted by Gasteiger charge is 2.42. The molecule has 3 unspecified atom stereocenters. The fraction of sp³-hybridized carbons (Fsp3) is 0.280. The molecular formula is C50H47N. The molecule has 51 heavy (non-hydrogen) atoms. The van der Waals surface area contributed by atoms with Crippen molar-refractivity contribution in [2.45, 2.75) is 76.5 Å². The lowest BCUT2D eigenvalue weighted by Crippen LogP contribution is -2.18. The number of fused-ring (bicyclic) bond motifs is 6. The number of aryl methyl sites for hydroxylation is 1. The molecule has 10 rings (SSSR count). The van der Waals surface area contributed by atoms with Gasteiger partial charge in [0.2, 0.25) is 0 Å². The average molecular weight is 662 g/mol. The Labute approximate surface area is 304 Å². The number of anilines is 3. The third-order valence-corrected chi connectivity index (χ3v) is 13.2. The topological polar surface area (TPSA) is 3.24 Å². The van der Waals surface area contributed by atoms with E-state index in [2.05, 4.69) is 152 Å². The Morgan fingerprint density at radius 1 is 0.569 bits per heavy atom. The van der Waals surface area contributed by atoms with E-state index in [0.717, 1.165) is 11.8 Å². The van der Waals surface area contributed by atoms with Gasteiger partial charge in [-0.3, -0.25) is 0 Å². The first-order valence-electron chi connectivity index (χ1n) is 19.5. The largest absolute Gasteiger partial charge is 0.310 e. The summed E-state index contributed by atoms with van der Waals surface area (Å²) in [7, 11) is 0. The van der Waals surface area contributed by atoms with E-state index in [0.29, 0.717) is 5.92 Å². The van der Waals surface area contributed by atoms with Gasteiger partial charge < -0.3 is 4.90 Å².